The van der Waals surface area contributed by atoms with Crippen molar-refractivity contribution in [3.63, 3.8) is 0 Å². The fourth-order valence-electron chi connectivity index (χ4n) is 2.13. The molecule has 0 unspecified atom stereocenters. The Balaban J connectivity index is 1.70. The minimum absolute atomic E-state index is 0.0258. The summed E-state index contributed by atoms with van der Waals surface area (Å²) in [5.74, 6) is 0.421. The van der Waals surface area contributed by atoms with Crippen LogP contribution in [0.15, 0.2) is 42.5 Å². The fraction of sp³-hybridized carbons (Fsp3) is 0.235. The molecule has 1 heterocycles. The summed E-state index contributed by atoms with van der Waals surface area (Å²) in [4.78, 5) is 28.2. The molecule has 22 heavy (non-hydrogen) atoms. The standard InChI is InChI=1S/C17H17N3O2/c1-11-4-2-7-15(18-11)20-17(22)13-5-3-6-14(10-13)19-16(21)12-8-9-12/h2-7,10,12H,8-9H2,1H3,(H,19,21)(H,18,20,22). The first-order valence-electron chi connectivity index (χ1n) is 7.28. The van der Waals surface area contributed by atoms with E-state index in [1.165, 1.54) is 0 Å². The van der Waals surface area contributed by atoms with Crippen molar-refractivity contribution < 1.29 is 9.59 Å². The molecular formula is C17H17N3O2. The number of aromatic nitrogens is 1. The van der Waals surface area contributed by atoms with Gasteiger partial charge in [0.2, 0.25) is 5.91 Å². The highest BCUT2D eigenvalue weighted by atomic mass is 16.2. The monoisotopic (exact) mass is 295 g/mol. The summed E-state index contributed by atoms with van der Waals surface area (Å²) in [7, 11) is 0. The van der Waals surface area contributed by atoms with Crippen LogP contribution in [-0.4, -0.2) is 16.8 Å². The maximum atomic E-state index is 12.2. The van der Waals surface area contributed by atoms with E-state index >= 15 is 0 Å². The molecule has 0 atom stereocenters. The number of rotatable bonds is 4. The topological polar surface area (TPSA) is 71.1 Å². The van der Waals surface area contributed by atoms with Crippen molar-refractivity contribution in [1.29, 1.82) is 0 Å². The lowest BCUT2D eigenvalue weighted by Crippen LogP contribution is -2.16. The molecule has 0 radical (unpaired) electrons. The van der Waals surface area contributed by atoms with Crippen molar-refractivity contribution in [3.8, 4) is 0 Å². The summed E-state index contributed by atoms with van der Waals surface area (Å²) >= 11 is 0. The van der Waals surface area contributed by atoms with E-state index in [-0.39, 0.29) is 17.7 Å². The van der Waals surface area contributed by atoms with Gasteiger partial charge in [-0.2, -0.15) is 0 Å². The van der Waals surface area contributed by atoms with E-state index in [1.54, 1.807) is 30.3 Å². The lowest BCUT2D eigenvalue weighted by atomic mass is 10.2. The van der Waals surface area contributed by atoms with Gasteiger partial charge in [0.25, 0.3) is 5.91 Å². The molecule has 112 valence electrons. The highest BCUT2D eigenvalue weighted by Crippen LogP contribution is 2.30. The molecule has 1 fully saturated rings. The van der Waals surface area contributed by atoms with Crippen LogP contribution < -0.4 is 10.6 Å². The highest BCUT2D eigenvalue weighted by molar-refractivity contribution is 6.05. The molecule has 0 bridgehead atoms. The average molecular weight is 295 g/mol. The maximum Gasteiger partial charge on any atom is 0.256 e. The van der Waals surface area contributed by atoms with Crippen LogP contribution in [0.2, 0.25) is 0 Å². The van der Waals surface area contributed by atoms with Crippen LogP contribution in [0.4, 0.5) is 11.5 Å². The third kappa shape index (κ3) is 3.49. The summed E-state index contributed by atoms with van der Waals surface area (Å²) in [6.07, 6.45) is 1.90. The number of nitrogens with one attached hydrogen (secondary N) is 2. The summed E-state index contributed by atoms with van der Waals surface area (Å²) in [5, 5.41) is 5.59. The Morgan fingerprint density at radius 1 is 1.09 bits per heavy atom. The third-order valence-corrected chi connectivity index (χ3v) is 3.47. The second-order valence-electron chi connectivity index (χ2n) is 5.46. The highest BCUT2D eigenvalue weighted by Gasteiger charge is 2.29. The molecule has 3 rings (SSSR count). The van der Waals surface area contributed by atoms with Gasteiger partial charge in [-0.1, -0.05) is 12.1 Å². The molecule has 0 aliphatic heterocycles. The molecule has 1 aromatic carbocycles. The van der Waals surface area contributed by atoms with Gasteiger partial charge in [0.1, 0.15) is 5.82 Å². The van der Waals surface area contributed by atoms with Gasteiger partial charge in [0.15, 0.2) is 0 Å². The van der Waals surface area contributed by atoms with Crippen LogP contribution >= 0.6 is 0 Å². The number of aryl methyl sites for hydroxylation is 1. The van der Waals surface area contributed by atoms with Crippen molar-refractivity contribution in [2.24, 2.45) is 5.92 Å². The smallest absolute Gasteiger partial charge is 0.256 e. The van der Waals surface area contributed by atoms with Gasteiger partial charge in [-0.05, 0) is 50.1 Å². The first-order valence-corrected chi connectivity index (χ1v) is 7.28. The zero-order valence-electron chi connectivity index (χ0n) is 12.3. The van der Waals surface area contributed by atoms with Crippen LogP contribution in [0.1, 0.15) is 28.9 Å². The van der Waals surface area contributed by atoms with Gasteiger partial charge in [0.05, 0.1) is 0 Å². The zero-order valence-corrected chi connectivity index (χ0v) is 12.3. The quantitative estimate of drug-likeness (QED) is 0.911. The van der Waals surface area contributed by atoms with E-state index in [0.29, 0.717) is 17.1 Å². The van der Waals surface area contributed by atoms with Crippen molar-refractivity contribution in [1.82, 2.24) is 4.98 Å². The second-order valence-corrected chi connectivity index (χ2v) is 5.46. The first-order chi connectivity index (χ1) is 10.6. The van der Waals surface area contributed by atoms with Crippen LogP contribution in [0.25, 0.3) is 0 Å². The molecule has 5 nitrogen and oxygen atoms in total. The minimum atomic E-state index is -0.249. The molecule has 5 heteroatoms. The van der Waals surface area contributed by atoms with Gasteiger partial charge in [-0.25, -0.2) is 4.98 Å². The fourth-order valence-corrected chi connectivity index (χ4v) is 2.13. The van der Waals surface area contributed by atoms with Gasteiger partial charge in [0, 0.05) is 22.9 Å². The summed E-state index contributed by atoms with van der Waals surface area (Å²) < 4.78 is 0. The largest absolute Gasteiger partial charge is 0.326 e. The molecule has 0 spiro atoms. The van der Waals surface area contributed by atoms with E-state index in [0.717, 1.165) is 18.5 Å². The van der Waals surface area contributed by atoms with Crippen LogP contribution in [0, 0.1) is 12.8 Å². The lowest BCUT2D eigenvalue weighted by Gasteiger charge is -2.08. The van der Waals surface area contributed by atoms with Crippen LogP contribution in [0.5, 0.6) is 0 Å². The minimum Gasteiger partial charge on any atom is -0.326 e. The predicted octanol–water partition coefficient (Wildman–Crippen LogP) is 2.99. The average Bonchev–Trinajstić information content (AvgIpc) is 3.32. The summed E-state index contributed by atoms with van der Waals surface area (Å²) in [6.45, 7) is 1.86. The molecule has 2 amide bonds. The van der Waals surface area contributed by atoms with Crippen LogP contribution in [0.3, 0.4) is 0 Å². The van der Waals surface area contributed by atoms with E-state index < -0.39 is 0 Å². The number of nitrogens with zero attached hydrogens (tertiary/aromatic N) is 1. The Labute approximate surface area is 128 Å². The molecule has 1 aliphatic rings. The second kappa shape index (κ2) is 5.97. The lowest BCUT2D eigenvalue weighted by molar-refractivity contribution is -0.117. The molecule has 1 aromatic heterocycles. The normalized spacial score (nSPS) is 13.5. The Kier molecular flexibility index (Phi) is 3.87. The van der Waals surface area contributed by atoms with Crippen LogP contribution in [-0.2, 0) is 4.79 Å². The molecule has 0 saturated heterocycles. The molecule has 1 saturated carbocycles. The van der Waals surface area contributed by atoms with E-state index in [2.05, 4.69) is 15.6 Å². The Hall–Kier alpha value is -2.69. The van der Waals surface area contributed by atoms with Crippen molar-refractivity contribution in [2.75, 3.05) is 10.6 Å². The number of benzene rings is 1. The van der Waals surface area contributed by atoms with Gasteiger partial charge >= 0.3 is 0 Å². The first kappa shape index (κ1) is 14.3. The van der Waals surface area contributed by atoms with Gasteiger partial charge < -0.3 is 10.6 Å². The Bertz CT molecular complexity index is 723. The predicted molar refractivity (Wildman–Crippen MR) is 84.7 cm³/mol. The number of carbonyl (C=O) groups excluding carboxylic acids is 2. The Morgan fingerprint density at radius 3 is 2.59 bits per heavy atom. The molecule has 2 aromatic rings. The summed E-state index contributed by atoms with van der Waals surface area (Å²) in [5.41, 5.74) is 1.96. The van der Waals surface area contributed by atoms with Crippen molar-refractivity contribution >= 4 is 23.3 Å². The molecule has 1 aliphatic carbocycles. The summed E-state index contributed by atoms with van der Waals surface area (Å²) in [6, 6.07) is 12.4. The van der Waals surface area contributed by atoms with Crippen molar-refractivity contribution in [2.45, 2.75) is 19.8 Å². The Morgan fingerprint density at radius 2 is 1.86 bits per heavy atom. The van der Waals surface area contributed by atoms with E-state index in [9.17, 15) is 9.59 Å². The number of hydrogen-bond donors (Lipinski definition) is 2. The number of pyridine rings is 1. The van der Waals surface area contributed by atoms with Crippen molar-refractivity contribution in [3.05, 3.63) is 53.7 Å². The van der Waals surface area contributed by atoms with E-state index in [4.69, 9.17) is 0 Å². The van der Waals surface area contributed by atoms with Gasteiger partial charge in [-0.15, -0.1) is 0 Å². The van der Waals surface area contributed by atoms with Gasteiger partial charge in [-0.3, -0.25) is 9.59 Å². The number of anilines is 2. The SMILES string of the molecule is Cc1cccc(NC(=O)c2cccc(NC(=O)C3CC3)c2)n1. The molecule has 2 N–H and O–H groups in total. The zero-order chi connectivity index (χ0) is 15.5. The van der Waals surface area contributed by atoms with E-state index in [1.807, 2.05) is 19.1 Å². The number of hydrogen-bond acceptors (Lipinski definition) is 3. The number of carbonyl (C=O) groups is 2. The maximum absolute atomic E-state index is 12.2. The molecular weight excluding hydrogens is 278 g/mol. The third-order valence-electron chi connectivity index (χ3n) is 3.47. The number of amides is 2.